The summed E-state index contributed by atoms with van der Waals surface area (Å²) in [6.45, 7) is 3.97. The summed E-state index contributed by atoms with van der Waals surface area (Å²) in [7, 11) is 1.60. The van der Waals surface area contributed by atoms with Crippen molar-refractivity contribution in [3.05, 3.63) is 101 Å². The van der Waals surface area contributed by atoms with Crippen molar-refractivity contribution in [2.75, 3.05) is 44.9 Å². The number of piperidine rings is 1. The van der Waals surface area contributed by atoms with E-state index in [-0.39, 0.29) is 17.5 Å². The van der Waals surface area contributed by atoms with E-state index in [4.69, 9.17) is 19.2 Å². The van der Waals surface area contributed by atoms with Gasteiger partial charge in [-0.05, 0) is 93.5 Å². The fourth-order valence-corrected chi connectivity index (χ4v) is 7.96. The van der Waals surface area contributed by atoms with E-state index in [9.17, 15) is 9.59 Å². The van der Waals surface area contributed by atoms with Gasteiger partial charge >= 0.3 is 0 Å². The van der Waals surface area contributed by atoms with Gasteiger partial charge in [-0.3, -0.25) is 19.1 Å². The van der Waals surface area contributed by atoms with Gasteiger partial charge in [0, 0.05) is 43.2 Å². The summed E-state index contributed by atoms with van der Waals surface area (Å²) in [6, 6.07) is 27.4. The van der Waals surface area contributed by atoms with E-state index in [1.165, 1.54) is 19.3 Å². The first kappa shape index (κ1) is 36.3. The summed E-state index contributed by atoms with van der Waals surface area (Å²) < 4.78 is 19.5. The number of ether oxygens (including phenoxy) is 3. The molecule has 1 aromatic heterocycles. The van der Waals surface area contributed by atoms with Gasteiger partial charge in [-0.25, -0.2) is 4.98 Å². The average molecular weight is 740 g/mol. The molecule has 1 amide bonds. The third-order valence-corrected chi connectivity index (χ3v) is 11.0. The highest BCUT2D eigenvalue weighted by atomic mass is 16.5. The van der Waals surface area contributed by atoms with E-state index in [0.29, 0.717) is 52.7 Å². The second-order valence-corrected chi connectivity index (χ2v) is 14.7. The number of amides is 1. The van der Waals surface area contributed by atoms with Gasteiger partial charge < -0.3 is 24.0 Å². The van der Waals surface area contributed by atoms with Gasteiger partial charge in [-0.15, -0.1) is 0 Å². The molecule has 55 heavy (non-hydrogen) atoms. The minimum absolute atomic E-state index is 0.00934. The monoisotopic (exact) mass is 739 g/mol. The number of fused-ring (bicyclic) bond motifs is 3. The molecule has 1 atom stereocenters. The average Bonchev–Trinajstić information content (AvgIpc) is 3.67. The largest absolute Gasteiger partial charge is 0.494 e. The molecule has 5 aromatic rings. The molecule has 3 aliphatic heterocycles. The maximum absolute atomic E-state index is 14.2. The molecule has 0 bridgehead atoms. The van der Waals surface area contributed by atoms with Gasteiger partial charge in [-0.2, -0.15) is 0 Å². The fourth-order valence-electron chi connectivity index (χ4n) is 7.96. The zero-order valence-electron chi connectivity index (χ0n) is 31.6. The van der Waals surface area contributed by atoms with Crippen molar-refractivity contribution in [3.8, 4) is 34.3 Å². The van der Waals surface area contributed by atoms with Crippen LogP contribution in [0.5, 0.6) is 17.2 Å². The second kappa shape index (κ2) is 16.8. The van der Waals surface area contributed by atoms with Crippen LogP contribution in [-0.4, -0.2) is 72.6 Å². The standard InChI is InChI=1S/C45H49N5O5/c1-53-41-29-38-40(46-31-35-16-13-25-49(35)44(38)51)30-42(41)55-27-12-4-2-3-11-26-54-36-20-17-33(18-21-36)50-43(32-14-7-5-8-15-32)47-39-22-19-34(28-37(39)45(50)52)48-23-9-6-10-24-48/h5,7-8,14-15,17-22,28-31,35H,2-4,6,9-13,16,23-27H2,1H3/t35-/m0/s1. The van der Waals surface area contributed by atoms with Gasteiger partial charge in [0.25, 0.3) is 11.5 Å². The first-order valence-electron chi connectivity index (χ1n) is 19.9. The number of aliphatic imine (C=N–C) groups is 1. The number of hydrogen-bond acceptors (Lipinski definition) is 8. The summed E-state index contributed by atoms with van der Waals surface area (Å²) in [5.41, 5.74) is 4.55. The van der Waals surface area contributed by atoms with Crippen LogP contribution in [-0.2, 0) is 0 Å². The molecule has 284 valence electrons. The molecule has 4 aromatic carbocycles. The number of hydrogen-bond donors (Lipinski definition) is 0. The molecule has 2 saturated heterocycles. The lowest BCUT2D eigenvalue weighted by atomic mass is 10.1. The molecule has 0 N–H and O–H groups in total. The first-order chi connectivity index (χ1) is 27.1. The van der Waals surface area contributed by atoms with Crippen LogP contribution in [0.1, 0.15) is 74.6 Å². The van der Waals surface area contributed by atoms with Crippen LogP contribution in [0.4, 0.5) is 11.4 Å². The predicted octanol–water partition coefficient (Wildman–Crippen LogP) is 8.78. The van der Waals surface area contributed by atoms with Crippen LogP contribution in [0.25, 0.3) is 28.0 Å². The molecule has 0 unspecified atom stereocenters. The third kappa shape index (κ3) is 7.95. The number of rotatable bonds is 14. The summed E-state index contributed by atoms with van der Waals surface area (Å²) in [6.07, 6.45) is 12.5. The van der Waals surface area contributed by atoms with Gasteiger partial charge in [0.05, 0.1) is 54.2 Å². The number of methoxy groups -OCH3 is 1. The van der Waals surface area contributed by atoms with Crippen LogP contribution >= 0.6 is 0 Å². The summed E-state index contributed by atoms with van der Waals surface area (Å²) >= 11 is 0. The Labute approximate surface area is 322 Å². The van der Waals surface area contributed by atoms with Crippen LogP contribution < -0.4 is 24.7 Å². The smallest absolute Gasteiger partial charge is 0.266 e. The highest BCUT2D eigenvalue weighted by molar-refractivity contribution is 6.03. The SMILES string of the molecule is COc1cc2c(cc1OCCCCCCCOc1ccc(-n3c(-c4ccccc4)nc4ccc(N5CCCCC5)cc4c3=O)cc1)N=C[C@@H]1CCCN1C2=O. The van der Waals surface area contributed by atoms with E-state index in [1.54, 1.807) is 17.7 Å². The second-order valence-electron chi connectivity index (χ2n) is 14.7. The Morgan fingerprint density at radius 1 is 0.727 bits per heavy atom. The predicted molar refractivity (Wildman–Crippen MR) is 218 cm³/mol. The molecule has 10 nitrogen and oxygen atoms in total. The number of aromatic nitrogens is 2. The maximum atomic E-state index is 14.2. The van der Waals surface area contributed by atoms with Gasteiger partial charge in [0.2, 0.25) is 0 Å². The number of benzene rings is 4. The summed E-state index contributed by atoms with van der Waals surface area (Å²) in [4.78, 5) is 41.3. The Kier molecular flexibility index (Phi) is 11.1. The Hall–Kier alpha value is -5.64. The van der Waals surface area contributed by atoms with Crippen molar-refractivity contribution in [1.29, 1.82) is 0 Å². The molecule has 0 saturated carbocycles. The van der Waals surface area contributed by atoms with Crippen molar-refractivity contribution in [1.82, 2.24) is 14.5 Å². The number of nitrogens with zero attached hydrogens (tertiary/aromatic N) is 5. The lowest BCUT2D eigenvalue weighted by Crippen LogP contribution is -2.35. The molecular formula is C45H49N5O5. The minimum atomic E-state index is -0.0788. The summed E-state index contributed by atoms with van der Waals surface area (Å²) in [5, 5.41) is 0.621. The van der Waals surface area contributed by atoms with Crippen LogP contribution in [0.2, 0.25) is 0 Å². The van der Waals surface area contributed by atoms with Crippen molar-refractivity contribution < 1.29 is 19.0 Å². The Balaban J connectivity index is 0.841. The molecule has 0 radical (unpaired) electrons. The van der Waals surface area contributed by atoms with Gasteiger partial charge in [0.15, 0.2) is 11.5 Å². The maximum Gasteiger partial charge on any atom is 0.266 e. The molecule has 8 rings (SSSR count). The van der Waals surface area contributed by atoms with Crippen LogP contribution in [0, 0.1) is 0 Å². The highest BCUT2D eigenvalue weighted by Gasteiger charge is 2.32. The molecule has 10 heteroatoms. The highest BCUT2D eigenvalue weighted by Crippen LogP contribution is 2.38. The Morgan fingerprint density at radius 3 is 2.25 bits per heavy atom. The number of unbranched alkanes of at least 4 members (excludes halogenated alkanes) is 4. The van der Waals surface area contributed by atoms with Gasteiger partial charge in [-0.1, -0.05) is 49.6 Å². The molecule has 0 spiro atoms. The van der Waals surface area contributed by atoms with Crippen molar-refractivity contribution in [2.24, 2.45) is 4.99 Å². The van der Waals surface area contributed by atoms with E-state index in [1.807, 2.05) is 83.9 Å². The molecular weight excluding hydrogens is 691 g/mol. The van der Waals surface area contributed by atoms with E-state index < -0.39 is 0 Å². The lowest BCUT2D eigenvalue weighted by molar-refractivity contribution is 0.0774. The third-order valence-electron chi connectivity index (χ3n) is 11.0. The topological polar surface area (TPSA) is 98.5 Å². The molecule has 0 aliphatic carbocycles. The van der Waals surface area contributed by atoms with Crippen molar-refractivity contribution in [2.45, 2.75) is 70.3 Å². The zero-order chi connectivity index (χ0) is 37.6. The number of anilines is 1. The van der Waals surface area contributed by atoms with Crippen molar-refractivity contribution in [3.63, 3.8) is 0 Å². The molecule has 2 fully saturated rings. The Morgan fingerprint density at radius 2 is 1.47 bits per heavy atom. The van der Waals surface area contributed by atoms with E-state index in [2.05, 4.69) is 16.0 Å². The number of carbonyl (C=O) groups excluding carboxylic acids is 1. The van der Waals surface area contributed by atoms with Crippen molar-refractivity contribution >= 4 is 34.4 Å². The first-order valence-corrected chi connectivity index (χ1v) is 19.9. The molecule has 3 aliphatic rings. The lowest BCUT2D eigenvalue weighted by Gasteiger charge is -2.29. The van der Waals surface area contributed by atoms with Gasteiger partial charge in [0.1, 0.15) is 11.6 Å². The van der Waals surface area contributed by atoms with E-state index >= 15 is 0 Å². The minimum Gasteiger partial charge on any atom is -0.494 e. The van der Waals surface area contributed by atoms with Crippen LogP contribution in [0.3, 0.4) is 0 Å². The fraction of sp³-hybridized carbons (Fsp3) is 0.378. The number of carbonyl (C=O) groups is 1. The normalized spacial score (nSPS) is 16.5. The van der Waals surface area contributed by atoms with E-state index in [0.717, 1.165) is 87.3 Å². The molecule has 4 heterocycles. The Bertz CT molecular complexity index is 2210. The van der Waals surface area contributed by atoms with Crippen LogP contribution in [0.15, 0.2) is 94.7 Å². The summed E-state index contributed by atoms with van der Waals surface area (Å²) in [5.74, 6) is 2.58. The quantitative estimate of drug-likeness (QED) is 0.105. The zero-order valence-corrected chi connectivity index (χ0v) is 31.6.